The number of hydrogen-bond acceptors (Lipinski definition) is 3. The maximum absolute atomic E-state index is 13.8. The second-order valence-electron chi connectivity index (χ2n) is 4.36. The molecule has 3 nitrogen and oxygen atoms in total. The van der Waals surface area contributed by atoms with Crippen LogP contribution in [-0.2, 0) is 9.53 Å². The lowest BCUT2D eigenvalue weighted by molar-refractivity contribution is -0.143. The number of halogens is 2. The van der Waals surface area contributed by atoms with Gasteiger partial charge in [-0.1, -0.05) is 29.8 Å². The Hall–Kier alpha value is -2.07. The van der Waals surface area contributed by atoms with Crippen molar-refractivity contribution in [1.82, 2.24) is 0 Å². The van der Waals surface area contributed by atoms with Gasteiger partial charge in [-0.15, -0.1) is 0 Å². The molecule has 2 aromatic carbocycles. The predicted molar refractivity (Wildman–Crippen MR) is 78.1 cm³/mol. The molecular weight excluding hydrogens is 295 g/mol. The van der Waals surface area contributed by atoms with Crippen LogP contribution >= 0.6 is 11.6 Å². The van der Waals surface area contributed by atoms with E-state index >= 15 is 0 Å². The Kier molecular flexibility index (Phi) is 5.17. The number of carbonyl (C=O) groups is 1. The van der Waals surface area contributed by atoms with Gasteiger partial charge in [-0.25, -0.2) is 4.39 Å². The van der Waals surface area contributed by atoms with E-state index in [0.29, 0.717) is 10.8 Å². The number of hydrogen-bond donors (Lipinski definition) is 0. The Morgan fingerprint density at radius 1 is 1.19 bits per heavy atom. The van der Waals surface area contributed by atoms with Crippen LogP contribution in [0.15, 0.2) is 48.5 Å². The van der Waals surface area contributed by atoms with E-state index in [9.17, 15) is 9.18 Å². The molecule has 2 aromatic rings. The Balaban J connectivity index is 2.16. The lowest BCUT2D eigenvalue weighted by Crippen LogP contribution is -2.22. The Bertz CT molecular complexity index is 613. The highest BCUT2D eigenvalue weighted by molar-refractivity contribution is 6.30. The molecule has 0 fully saturated rings. The minimum Gasteiger partial charge on any atom is -0.492 e. The molecule has 0 bridgehead atoms. The summed E-state index contributed by atoms with van der Waals surface area (Å²) in [5, 5.41) is 0.584. The third-order valence-electron chi connectivity index (χ3n) is 3.00. The normalized spacial score (nSPS) is 11.8. The molecule has 0 N–H and O–H groups in total. The van der Waals surface area contributed by atoms with E-state index in [1.165, 1.54) is 13.2 Å². The van der Waals surface area contributed by atoms with Gasteiger partial charge >= 0.3 is 5.97 Å². The van der Waals surface area contributed by atoms with E-state index in [0.717, 1.165) is 0 Å². The summed E-state index contributed by atoms with van der Waals surface area (Å²) in [6, 6.07) is 12.8. The van der Waals surface area contributed by atoms with Crippen molar-refractivity contribution < 1.29 is 18.7 Å². The zero-order valence-electron chi connectivity index (χ0n) is 11.4. The Morgan fingerprint density at radius 2 is 1.86 bits per heavy atom. The van der Waals surface area contributed by atoms with Crippen LogP contribution in [0.1, 0.15) is 11.5 Å². The zero-order chi connectivity index (χ0) is 15.2. The number of benzene rings is 2. The van der Waals surface area contributed by atoms with Crippen molar-refractivity contribution in [1.29, 1.82) is 0 Å². The van der Waals surface area contributed by atoms with Gasteiger partial charge in [-0.05, 0) is 30.3 Å². The molecule has 0 spiro atoms. The van der Waals surface area contributed by atoms with E-state index in [-0.39, 0.29) is 12.2 Å². The molecule has 1 unspecified atom stereocenters. The highest BCUT2D eigenvalue weighted by Crippen LogP contribution is 2.23. The van der Waals surface area contributed by atoms with Gasteiger partial charge in [0.15, 0.2) is 0 Å². The predicted octanol–water partition coefficient (Wildman–Crippen LogP) is 3.81. The highest BCUT2D eigenvalue weighted by Gasteiger charge is 2.25. The van der Waals surface area contributed by atoms with E-state index in [1.807, 2.05) is 0 Å². The molecule has 5 heteroatoms. The smallest absolute Gasteiger partial charge is 0.316 e. The first-order valence-corrected chi connectivity index (χ1v) is 6.70. The van der Waals surface area contributed by atoms with Crippen molar-refractivity contribution in [2.45, 2.75) is 5.92 Å². The second kappa shape index (κ2) is 7.09. The van der Waals surface area contributed by atoms with Gasteiger partial charge in [0, 0.05) is 10.6 Å². The summed E-state index contributed by atoms with van der Waals surface area (Å²) in [5.41, 5.74) is 0.248. The van der Waals surface area contributed by atoms with E-state index in [2.05, 4.69) is 0 Å². The molecule has 1 atom stereocenters. The fourth-order valence-electron chi connectivity index (χ4n) is 1.90. The van der Waals surface area contributed by atoms with Crippen LogP contribution in [0.5, 0.6) is 5.75 Å². The van der Waals surface area contributed by atoms with Crippen molar-refractivity contribution in [3.63, 3.8) is 0 Å². The molecule has 0 heterocycles. The molecule has 0 saturated carbocycles. The Labute approximate surface area is 127 Å². The van der Waals surface area contributed by atoms with Crippen LogP contribution in [0.25, 0.3) is 0 Å². The maximum atomic E-state index is 13.8. The van der Waals surface area contributed by atoms with Crippen LogP contribution in [-0.4, -0.2) is 19.7 Å². The molecule has 0 radical (unpaired) electrons. The molecule has 0 amide bonds. The molecule has 0 aliphatic carbocycles. The summed E-state index contributed by atoms with van der Waals surface area (Å²) >= 11 is 5.78. The first-order chi connectivity index (χ1) is 10.1. The third kappa shape index (κ3) is 3.95. The fourth-order valence-corrected chi connectivity index (χ4v) is 2.02. The van der Waals surface area contributed by atoms with Crippen LogP contribution < -0.4 is 4.74 Å². The summed E-state index contributed by atoms with van der Waals surface area (Å²) in [6.45, 7) is -0.0186. The largest absolute Gasteiger partial charge is 0.492 e. The lowest BCUT2D eigenvalue weighted by atomic mass is 9.99. The van der Waals surface area contributed by atoms with E-state index in [4.69, 9.17) is 21.1 Å². The van der Waals surface area contributed by atoms with Gasteiger partial charge in [0.25, 0.3) is 0 Å². The number of ether oxygens (including phenoxy) is 2. The summed E-state index contributed by atoms with van der Waals surface area (Å²) in [7, 11) is 1.26. The Morgan fingerprint density at radius 3 is 2.48 bits per heavy atom. The molecule has 0 aromatic heterocycles. The zero-order valence-corrected chi connectivity index (χ0v) is 12.1. The van der Waals surface area contributed by atoms with Gasteiger partial charge in [0.05, 0.1) is 7.11 Å². The topological polar surface area (TPSA) is 35.5 Å². The van der Waals surface area contributed by atoms with Crippen molar-refractivity contribution in [3.8, 4) is 5.75 Å². The molecule has 0 aliphatic heterocycles. The third-order valence-corrected chi connectivity index (χ3v) is 3.25. The van der Waals surface area contributed by atoms with Crippen LogP contribution in [0.4, 0.5) is 4.39 Å². The summed E-state index contributed by atoms with van der Waals surface area (Å²) in [5.74, 6) is -1.29. The molecule has 0 saturated heterocycles. The molecular formula is C16H14ClFO3. The summed E-state index contributed by atoms with van der Waals surface area (Å²) in [4.78, 5) is 11.9. The quantitative estimate of drug-likeness (QED) is 0.788. The van der Waals surface area contributed by atoms with Crippen LogP contribution in [0, 0.1) is 5.82 Å². The van der Waals surface area contributed by atoms with E-state index < -0.39 is 17.7 Å². The molecule has 110 valence electrons. The summed E-state index contributed by atoms with van der Waals surface area (Å²) < 4.78 is 24.1. The van der Waals surface area contributed by atoms with Crippen molar-refractivity contribution in [2.75, 3.05) is 13.7 Å². The van der Waals surface area contributed by atoms with Gasteiger partial charge in [-0.2, -0.15) is 0 Å². The summed E-state index contributed by atoms with van der Waals surface area (Å²) in [6.07, 6.45) is 0. The molecule has 21 heavy (non-hydrogen) atoms. The first-order valence-electron chi connectivity index (χ1n) is 6.32. The van der Waals surface area contributed by atoms with Gasteiger partial charge in [0.2, 0.25) is 0 Å². The average molecular weight is 309 g/mol. The minimum atomic E-state index is -0.827. The number of esters is 1. The molecule has 2 rings (SSSR count). The van der Waals surface area contributed by atoms with Crippen molar-refractivity contribution in [2.24, 2.45) is 0 Å². The number of methoxy groups -OCH3 is 1. The average Bonchev–Trinajstić information content (AvgIpc) is 2.50. The van der Waals surface area contributed by atoms with Crippen LogP contribution in [0.2, 0.25) is 5.02 Å². The lowest BCUT2D eigenvalue weighted by Gasteiger charge is -2.16. The highest BCUT2D eigenvalue weighted by atomic mass is 35.5. The van der Waals surface area contributed by atoms with Crippen LogP contribution in [0.3, 0.4) is 0 Å². The standard InChI is InChI=1S/C16H14ClFO3/c1-20-16(19)14(13-4-2-3-5-15(13)18)10-21-12-8-6-11(17)7-9-12/h2-9,14H,10H2,1H3. The SMILES string of the molecule is COC(=O)C(COc1ccc(Cl)cc1)c1ccccc1F. The van der Waals surface area contributed by atoms with Gasteiger partial charge < -0.3 is 9.47 Å². The maximum Gasteiger partial charge on any atom is 0.316 e. The number of rotatable bonds is 5. The van der Waals surface area contributed by atoms with Gasteiger partial charge in [0.1, 0.15) is 24.1 Å². The fraction of sp³-hybridized carbons (Fsp3) is 0.188. The monoisotopic (exact) mass is 308 g/mol. The van der Waals surface area contributed by atoms with E-state index in [1.54, 1.807) is 42.5 Å². The molecule has 0 aliphatic rings. The second-order valence-corrected chi connectivity index (χ2v) is 4.80. The first kappa shape index (κ1) is 15.3. The van der Waals surface area contributed by atoms with Crippen molar-refractivity contribution in [3.05, 3.63) is 64.9 Å². The van der Waals surface area contributed by atoms with Gasteiger partial charge in [-0.3, -0.25) is 4.79 Å². The van der Waals surface area contributed by atoms with Crippen molar-refractivity contribution >= 4 is 17.6 Å². The number of carbonyl (C=O) groups excluding carboxylic acids is 1. The minimum absolute atomic E-state index is 0.0186.